The van der Waals surface area contributed by atoms with Crippen LogP contribution in [0.2, 0.25) is 0 Å². The van der Waals surface area contributed by atoms with Crippen molar-refractivity contribution in [1.29, 1.82) is 0 Å². The van der Waals surface area contributed by atoms with Gasteiger partial charge < -0.3 is 5.32 Å². The van der Waals surface area contributed by atoms with Crippen molar-refractivity contribution in [3.05, 3.63) is 39.7 Å². The van der Waals surface area contributed by atoms with Gasteiger partial charge in [0.05, 0.1) is 5.69 Å². The summed E-state index contributed by atoms with van der Waals surface area (Å²) in [6, 6.07) is 9.24. The van der Waals surface area contributed by atoms with E-state index in [9.17, 15) is 0 Å². The molecule has 1 N–H and O–H groups in total. The van der Waals surface area contributed by atoms with Crippen LogP contribution in [-0.2, 0) is 19.4 Å². The molecule has 1 aliphatic rings. The van der Waals surface area contributed by atoms with E-state index >= 15 is 0 Å². The molecule has 0 bridgehead atoms. The predicted molar refractivity (Wildman–Crippen MR) is 81.6 cm³/mol. The maximum absolute atomic E-state index is 4.88. The van der Waals surface area contributed by atoms with Gasteiger partial charge in [0.2, 0.25) is 0 Å². The summed E-state index contributed by atoms with van der Waals surface area (Å²) >= 11 is 1.88. The Bertz CT molecular complexity index is 572. The Morgan fingerprint density at radius 1 is 1.26 bits per heavy atom. The number of hydrogen-bond donors (Lipinski definition) is 1. The van der Waals surface area contributed by atoms with Gasteiger partial charge in [-0.15, -0.1) is 11.3 Å². The maximum atomic E-state index is 4.88. The van der Waals surface area contributed by atoms with Gasteiger partial charge in [-0.3, -0.25) is 0 Å². The zero-order valence-corrected chi connectivity index (χ0v) is 12.4. The van der Waals surface area contributed by atoms with Gasteiger partial charge in [-0.1, -0.05) is 38.1 Å². The van der Waals surface area contributed by atoms with Crippen molar-refractivity contribution >= 4 is 11.3 Å². The van der Waals surface area contributed by atoms with Gasteiger partial charge in [-0.25, -0.2) is 4.98 Å². The van der Waals surface area contributed by atoms with E-state index in [1.165, 1.54) is 46.0 Å². The Kier molecular flexibility index (Phi) is 3.67. The monoisotopic (exact) mass is 272 g/mol. The van der Waals surface area contributed by atoms with E-state index in [-0.39, 0.29) is 0 Å². The Labute approximate surface area is 118 Å². The Morgan fingerprint density at radius 2 is 2.11 bits per heavy atom. The third kappa shape index (κ3) is 2.72. The van der Waals surface area contributed by atoms with Gasteiger partial charge in [0.15, 0.2) is 0 Å². The smallest absolute Gasteiger partial charge is 0.107 e. The average molecular weight is 272 g/mol. The standard InChI is InChI=1S/C16H20N2S/c1-11(2)17-10-15-18-16-13-8-4-3-6-12(13)7-5-9-14(16)19-15/h3-4,6,8,11,17H,5,7,9-10H2,1-2H3. The van der Waals surface area contributed by atoms with Gasteiger partial charge in [0.25, 0.3) is 0 Å². The molecule has 3 heteroatoms. The highest BCUT2D eigenvalue weighted by Gasteiger charge is 2.18. The molecule has 0 radical (unpaired) electrons. The van der Waals surface area contributed by atoms with E-state index in [4.69, 9.17) is 4.98 Å². The molecule has 0 atom stereocenters. The van der Waals surface area contributed by atoms with E-state index < -0.39 is 0 Å². The number of fused-ring (bicyclic) bond motifs is 3. The molecule has 1 heterocycles. The second-order valence-electron chi connectivity index (χ2n) is 5.43. The first-order chi connectivity index (χ1) is 9.24. The van der Waals surface area contributed by atoms with E-state index in [1.807, 2.05) is 11.3 Å². The number of aryl methyl sites for hydroxylation is 2. The van der Waals surface area contributed by atoms with Crippen LogP contribution in [0.15, 0.2) is 24.3 Å². The van der Waals surface area contributed by atoms with Crippen LogP contribution in [0.4, 0.5) is 0 Å². The van der Waals surface area contributed by atoms with Crippen LogP contribution in [0.25, 0.3) is 11.3 Å². The Hall–Kier alpha value is -1.19. The van der Waals surface area contributed by atoms with E-state index in [0.29, 0.717) is 6.04 Å². The SMILES string of the molecule is CC(C)NCc1nc2c(s1)CCCc1ccccc1-2. The summed E-state index contributed by atoms with van der Waals surface area (Å²) in [5, 5.41) is 4.68. The van der Waals surface area contributed by atoms with Gasteiger partial charge in [-0.05, 0) is 24.8 Å². The van der Waals surface area contributed by atoms with Crippen molar-refractivity contribution in [1.82, 2.24) is 10.3 Å². The molecule has 1 aromatic heterocycles. The average Bonchev–Trinajstić information content (AvgIpc) is 2.73. The maximum Gasteiger partial charge on any atom is 0.107 e. The van der Waals surface area contributed by atoms with Crippen molar-refractivity contribution in [2.45, 2.75) is 45.7 Å². The van der Waals surface area contributed by atoms with E-state index in [2.05, 4.69) is 43.4 Å². The molecule has 0 spiro atoms. The minimum atomic E-state index is 0.510. The normalized spacial score (nSPS) is 14.1. The fourth-order valence-electron chi connectivity index (χ4n) is 2.56. The molecule has 0 aliphatic heterocycles. The number of benzene rings is 1. The minimum Gasteiger partial charge on any atom is -0.308 e. The lowest BCUT2D eigenvalue weighted by molar-refractivity contribution is 0.587. The molecule has 2 nitrogen and oxygen atoms in total. The van der Waals surface area contributed by atoms with Gasteiger partial charge >= 0.3 is 0 Å². The van der Waals surface area contributed by atoms with Gasteiger partial charge in [-0.2, -0.15) is 0 Å². The largest absolute Gasteiger partial charge is 0.308 e. The summed E-state index contributed by atoms with van der Waals surface area (Å²) < 4.78 is 0. The summed E-state index contributed by atoms with van der Waals surface area (Å²) in [7, 11) is 0. The lowest BCUT2D eigenvalue weighted by atomic mass is 10.0. The summed E-state index contributed by atoms with van der Waals surface area (Å²) in [5.74, 6) is 0. The predicted octanol–water partition coefficient (Wildman–Crippen LogP) is 3.80. The lowest BCUT2D eigenvalue weighted by Gasteiger charge is -2.05. The molecule has 0 amide bonds. The van der Waals surface area contributed by atoms with Gasteiger partial charge in [0.1, 0.15) is 5.01 Å². The molecule has 3 rings (SSSR count). The molecule has 0 saturated carbocycles. The number of thiazole rings is 1. The van der Waals surface area contributed by atoms with Crippen LogP contribution in [0.1, 0.15) is 35.7 Å². The first-order valence-electron chi connectivity index (χ1n) is 7.04. The van der Waals surface area contributed by atoms with Crippen molar-refractivity contribution in [3.63, 3.8) is 0 Å². The van der Waals surface area contributed by atoms with Crippen molar-refractivity contribution in [2.75, 3.05) is 0 Å². The first kappa shape index (κ1) is 12.8. The number of rotatable bonds is 3. The molecule has 0 saturated heterocycles. The Balaban J connectivity index is 1.95. The minimum absolute atomic E-state index is 0.510. The fourth-order valence-corrected chi connectivity index (χ4v) is 3.63. The van der Waals surface area contributed by atoms with Crippen molar-refractivity contribution < 1.29 is 0 Å². The summed E-state index contributed by atoms with van der Waals surface area (Å²) in [4.78, 5) is 6.34. The molecule has 19 heavy (non-hydrogen) atoms. The molecular weight excluding hydrogens is 252 g/mol. The number of hydrogen-bond acceptors (Lipinski definition) is 3. The van der Waals surface area contributed by atoms with E-state index in [0.717, 1.165) is 6.54 Å². The topological polar surface area (TPSA) is 24.9 Å². The van der Waals surface area contributed by atoms with Crippen LogP contribution in [0.5, 0.6) is 0 Å². The molecule has 0 fully saturated rings. The zero-order valence-electron chi connectivity index (χ0n) is 11.6. The molecule has 100 valence electrons. The molecule has 2 aromatic rings. The van der Waals surface area contributed by atoms with Crippen LogP contribution in [0, 0.1) is 0 Å². The third-order valence-electron chi connectivity index (χ3n) is 3.53. The highest BCUT2D eigenvalue weighted by atomic mass is 32.1. The number of aromatic nitrogens is 1. The highest BCUT2D eigenvalue weighted by Crippen LogP contribution is 2.35. The number of nitrogens with one attached hydrogen (secondary N) is 1. The lowest BCUT2D eigenvalue weighted by Crippen LogP contribution is -2.21. The zero-order chi connectivity index (χ0) is 13.2. The Morgan fingerprint density at radius 3 is 2.95 bits per heavy atom. The second-order valence-corrected chi connectivity index (χ2v) is 6.59. The van der Waals surface area contributed by atoms with Crippen LogP contribution in [-0.4, -0.2) is 11.0 Å². The molecule has 1 aliphatic carbocycles. The van der Waals surface area contributed by atoms with Crippen LogP contribution < -0.4 is 5.32 Å². The fraction of sp³-hybridized carbons (Fsp3) is 0.438. The molecule has 0 unspecified atom stereocenters. The first-order valence-corrected chi connectivity index (χ1v) is 7.86. The summed E-state index contributed by atoms with van der Waals surface area (Å²) in [5.41, 5.74) is 4.04. The van der Waals surface area contributed by atoms with Crippen molar-refractivity contribution in [2.24, 2.45) is 0 Å². The van der Waals surface area contributed by atoms with Crippen molar-refractivity contribution in [3.8, 4) is 11.3 Å². The second kappa shape index (κ2) is 5.43. The highest BCUT2D eigenvalue weighted by molar-refractivity contribution is 7.12. The molecule has 1 aromatic carbocycles. The third-order valence-corrected chi connectivity index (χ3v) is 4.64. The van der Waals surface area contributed by atoms with Crippen LogP contribution in [0.3, 0.4) is 0 Å². The summed E-state index contributed by atoms with van der Waals surface area (Å²) in [6.45, 7) is 5.24. The quantitative estimate of drug-likeness (QED) is 0.919. The number of nitrogens with zero attached hydrogens (tertiary/aromatic N) is 1. The molecular formula is C16H20N2S. The van der Waals surface area contributed by atoms with E-state index in [1.54, 1.807) is 0 Å². The van der Waals surface area contributed by atoms with Crippen LogP contribution >= 0.6 is 11.3 Å². The van der Waals surface area contributed by atoms with Gasteiger partial charge in [0, 0.05) is 23.0 Å². The summed E-state index contributed by atoms with van der Waals surface area (Å²) in [6.07, 6.45) is 3.59.